The highest BCUT2D eigenvalue weighted by atomic mass is 32.2. The van der Waals surface area contributed by atoms with Crippen LogP contribution < -0.4 is 4.72 Å². The van der Waals surface area contributed by atoms with Crippen LogP contribution >= 0.6 is 11.8 Å². The maximum atomic E-state index is 14.0. The molecule has 9 heteroatoms. The van der Waals surface area contributed by atoms with E-state index < -0.39 is 22.2 Å². The largest absolute Gasteiger partial charge is 0.367 e. The summed E-state index contributed by atoms with van der Waals surface area (Å²) in [5.74, 6) is -0.522. The highest BCUT2D eigenvalue weighted by Crippen LogP contribution is 2.37. The Labute approximate surface area is 227 Å². The lowest BCUT2D eigenvalue weighted by atomic mass is 9.87. The molecule has 0 spiro atoms. The summed E-state index contributed by atoms with van der Waals surface area (Å²) in [6.45, 7) is 2.65. The molecule has 1 fully saturated rings. The third-order valence-corrected chi connectivity index (χ3v) is 9.92. The molecule has 2 aliphatic rings. The summed E-state index contributed by atoms with van der Waals surface area (Å²) >= 11 is 1.52. The molecule has 4 atom stereocenters. The van der Waals surface area contributed by atoms with Gasteiger partial charge in [-0.1, -0.05) is 54.1 Å². The van der Waals surface area contributed by atoms with Gasteiger partial charge in [-0.15, -0.1) is 0 Å². The standard InChI is InChI=1S/C29H31FN2O4S2/c1-19-7-13-23(14-8-19)38(34,35)31-25-17-26(36-18-27(25)37-2)29(33)32-16-15-20-5-3-4-6-24(20)28(32)21-9-11-22(30)12-10-21/h3-14,25-28,31H,15-18H2,1-2H3/t25-,26+,27-,28-/m0/s1. The van der Waals surface area contributed by atoms with E-state index in [1.165, 1.54) is 23.9 Å². The Morgan fingerprint density at radius 1 is 1.05 bits per heavy atom. The average Bonchev–Trinajstić information content (AvgIpc) is 2.92. The number of nitrogens with zero attached hydrogens (tertiary/aromatic N) is 1. The fourth-order valence-corrected chi connectivity index (χ4v) is 7.38. The minimum absolute atomic E-state index is 0.130. The molecule has 6 nitrogen and oxygen atoms in total. The minimum Gasteiger partial charge on any atom is -0.367 e. The topological polar surface area (TPSA) is 75.7 Å². The van der Waals surface area contributed by atoms with Crippen molar-refractivity contribution in [1.29, 1.82) is 0 Å². The van der Waals surface area contributed by atoms with Gasteiger partial charge in [0.1, 0.15) is 11.9 Å². The highest BCUT2D eigenvalue weighted by molar-refractivity contribution is 7.99. The van der Waals surface area contributed by atoms with E-state index >= 15 is 0 Å². The molecule has 3 aromatic carbocycles. The van der Waals surface area contributed by atoms with Crippen molar-refractivity contribution in [3.05, 3.63) is 101 Å². The minimum atomic E-state index is -3.77. The normalized spacial score (nSPS) is 23.6. The second-order valence-corrected chi connectivity index (χ2v) is 12.6. The summed E-state index contributed by atoms with van der Waals surface area (Å²) in [7, 11) is -3.77. The van der Waals surface area contributed by atoms with Gasteiger partial charge in [-0.3, -0.25) is 4.79 Å². The number of rotatable bonds is 6. The number of carbonyl (C=O) groups excluding carboxylic acids is 1. The first kappa shape index (κ1) is 26.9. The van der Waals surface area contributed by atoms with Gasteiger partial charge in [-0.2, -0.15) is 11.8 Å². The fraction of sp³-hybridized carbons (Fsp3) is 0.345. The van der Waals surface area contributed by atoms with Gasteiger partial charge in [-0.25, -0.2) is 17.5 Å². The van der Waals surface area contributed by atoms with Gasteiger partial charge in [-0.05, 0) is 60.6 Å². The first-order valence-corrected chi connectivity index (χ1v) is 15.4. The van der Waals surface area contributed by atoms with Crippen molar-refractivity contribution in [3.8, 4) is 0 Å². The Morgan fingerprint density at radius 3 is 2.47 bits per heavy atom. The maximum absolute atomic E-state index is 14.0. The number of halogens is 1. The zero-order valence-corrected chi connectivity index (χ0v) is 23.0. The first-order valence-electron chi connectivity index (χ1n) is 12.6. The molecule has 5 rings (SSSR count). The van der Waals surface area contributed by atoms with Crippen molar-refractivity contribution in [3.63, 3.8) is 0 Å². The lowest BCUT2D eigenvalue weighted by Crippen LogP contribution is -2.55. The molecule has 0 bridgehead atoms. The van der Waals surface area contributed by atoms with Crippen molar-refractivity contribution < 1.29 is 22.3 Å². The van der Waals surface area contributed by atoms with Crippen molar-refractivity contribution in [2.24, 2.45) is 0 Å². The molecule has 0 aromatic heterocycles. The zero-order valence-electron chi connectivity index (χ0n) is 21.3. The van der Waals surface area contributed by atoms with Crippen molar-refractivity contribution in [1.82, 2.24) is 9.62 Å². The van der Waals surface area contributed by atoms with E-state index in [0.717, 1.165) is 22.3 Å². The van der Waals surface area contributed by atoms with Gasteiger partial charge in [0.05, 0.1) is 17.5 Å². The van der Waals surface area contributed by atoms with Crippen molar-refractivity contribution >= 4 is 27.7 Å². The molecular formula is C29H31FN2O4S2. The van der Waals surface area contributed by atoms with Crippen LogP contribution in [0.25, 0.3) is 0 Å². The molecule has 2 heterocycles. The molecule has 200 valence electrons. The molecule has 3 aromatic rings. The van der Waals surface area contributed by atoms with Gasteiger partial charge in [0, 0.05) is 24.3 Å². The molecule has 1 saturated heterocycles. The van der Waals surface area contributed by atoms with Crippen molar-refractivity contribution in [2.45, 2.75) is 48.1 Å². The molecule has 2 aliphatic heterocycles. The van der Waals surface area contributed by atoms with Crippen molar-refractivity contribution in [2.75, 3.05) is 19.4 Å². The van der Waals surface area contributed by atoms with Crippen LogP contribution in [0.2, 0.25) is 0 Å². The quantitative estimate of drug-likeness (QED) is 0.487. The molecule has 0 radical (unpaired) electrons. The molecule has 0 saturated carbocycles. The van der Waals surface area contributed by atoms with E-state index in [2.05, 4.69) is 10.8 Å². The van der Waals surface area contributed by atoms with E-state index in [1.54, 1.807) is 41.3 Å². The second kappa shape index (κ2) is 11.2. The van der Waals surface area contributed by atoms with Crippen LogP contribution in [0.1, 0.15) is 34.7 Å². The smallest absolute Gasteiger partial charge is 0.252 e. The highest BCUT2D eigenvalue weighted by Gasteiger charge is 2.41. The van der Waals surface area contributed by atoms with E-state index in [9.17, 15) is 17.6 Å². The number of hydrogen-bond acceptors (Lipinski definition) is 5. The van der Waals surface area contributed by atoms with E-state index in [4.69, 9.17) is 4.74 Å². The average molecular weight is 555 g/mol. The van der Waals surface area contributed by atoms with Gasteiger partial charge in [0.2, 0.25) is 10.0 Å². The number of nitrogens with one attached hydrogen (secondary N) is 1. The summed E-state index contributed by atoms with van der Waals surface area (Å²) in [6, 6.07) is 20.1. The molecule has 1 amide bonds. The lowest BCUT2D eigenvalue weighted by Gasteiger charge is -2.42. The summed E-state index contributed by atoms with van der Waals surface area (Å²) in [5.41, 5.74) is 3.96. The monoisotopic (exact) mass is 554 g/mol. The van der Waals surface area contributed by atoms with Crippen LogP contribution in [-0.4, -0.2) is 56.0 Å². The molecule has 0 unspecified atom stereocenters. The number of sulfonamides is 1. The summed E-state index contributed by atoms with van der Waals surface area (Å²) < 4.78 is 49.0. The predicted octanol–water partition coefficient (Wildman–Crippen LogP) is 4.48. The van der Waals surface area contributed by atoms with Crippen LogP contribution in [-0.2, 0) is 26.0 Å². The van der Waals surface area contributed by atoms with E-state index in [0.29, 0.717) is 13.0 Å². The number of thioether (sulfide) groups is 1. The third kappa shape index (κ3) is 5.52. The number of carbonyl (C=O) groups is 1. The number of benzene rings is 3. The van der Waals surface area contributed by atoms with E-state index in [-0.39, 0.29) is 40.9 Å². The fourth-order valence-electron chi connectivity index (χ4n) is 5.28. The summed E-state index contributed by atoms with van der Waals surface area (Å²) in [5, 5.41) is -0.130. The summed E-state index contributed by atoms with van der Waals surface area (Å²) in [4.78, 5) is 16.0. The lowest BCUT2D eigenvalue weighted by molar-refractivity contribution is -0.149. The van der Waals surface area contributed by atoms with Gasteiger partial charge >= 0.3 is 0 Å². The first-order chi connectivity index (χ1) is 18.3. The Bertz CT molecular complexity index is 1400. The van der Waals surface area contributed by atoms with Crippen LogP contribution in [0.4, 0.5) is 4.39 Å². The SMILES string of the molecule is CS[C@H]1CO[C@@H](C(=O)N2CCc3ccccc3[C@@H]2c2ccc(F)cc2)C[C@@H]1NS(=O)(=O)c1ccc(C)cc1. The Kier molecular flexibility index (Phi) is 7.90. The molecule has 38 heavy (non-hydrogen) atoms. The van der Waals surface area contributed by atoms with Crippen LogP contribution in [0.5, 0.6) is 0 Å². The van der Waals surface area contributed by atoms with Crippen LogP contribution in [0.15, 0.2) is 77.7 Å². The van der Waals surface area contributed by atoms with E-state index in [1.807, 2.05) is 31.4 Å². The Balaban J connectivity index is 1.40. The zero-order chi connectivity index (χ0) is 26.9. The molecule has 0 aliphatic carbocycles. The van der Waals surface area contributed by atoms with Gasteiger partial charge in [0.25, 0.3) is 5.91 Å². The maximum Gasteiger partial charge on any atom is 0.252 e. The number of ether oxygens (including phenoxy) is 1. The van der Waals surface area contributed by atoms with Gasteiger partial charge in [0.15, 0.2) is 0 Å². The Hall–Kier alpha value is -2.72. The second-order valence-electron chi connectivity index (χ2n) is 9.81. The number of amides is 1. The number of fused-ring (bicyclic) bond motifs is 1. The molecular weight excluding hydrogens is 523 g/mol. The predicted molar refractivity (Wildman–Crippen MR) is 147 cm³/mol. The number of hydrogen-bond donors (Lipinski definition) is 1. The summed E-state index contributed by atoms with van der Waals surface area (Å²) in [6.07, 6.45) is 2.04. The van der Waals surface area contributed by atoms with Crippen LogP contribution in [0.3, 0.4) is 0 Å². The Morgan fingerprint density at radius 2 is 1.76 bits per heavy atom. The third-order valence-electron chi connectivity index (χ3n) is 7.35. The van der Waals surface area contributed by atoms with Crippen LogP contribution in [0, 0.1) is 12.7 Å². The molecule has 1 N–H and O–H groups in total. The number of aryl methyl sites for hydroxylation is 1. The van der Waals surface area contributed by atoms with Gasteiger partial charge < -0.3 is 9.64 Å².